The van der Waals surface area contributed by atoms with E-state index in [1.165, 1.54) is 0 Å². The van der Waals surface area contributed by atoms with Crippen LogP contribution < -0.4 is 0 Å². The molecule has 15 heavy (non-hydrogen) atoms. The van der Waals surface area contributed by atoms with Crippen LogP contribution in [0, 0.1) is 18.3 Å². The summed E-state index contributed by atoms with van der Waals surface area (Å²) in [7, 11) is 0. The number of hydrogen-bond acceptors (Lipinski definition) is 3. The molecule has 0 N–H and O–H groups in total. The van der Waals surface area contributed by atoms with E-state index < -0.39 is 0 Å². The quantitative estimate of drug-likeness (QED) is 0.734. The van der Waals surface area contributed by atoms with E-state index in [1.807, 2.05) is 23.6 Å². The number of nitriles is 1. The first-order valence-corrected chi connectivity index (χ1v) is 4.62. The molecule has 0 aliphatic heterocycles. The molecule has 74 valence electrons. The van der Waals surface area contributed by atoms with Gasteiger partial charge in [-0.2, -0.15) is 5.26 Å². The molecule has 2 heterocycles. The molecule has 0 aliphatic rings. The maximum atomic E-state index is 8.94. The molecular weight excluding hydrogens is 188 g/mol. The lowest BCUT2D eigenvalue weighted by molar-refractivity contribution is 0.781. The lowest BCUT2D eigenvalue weighted by atomic mass is 10.3. The van der Waals surface area contributed by atoms with Gasteiger partial charge in [0.1, 0.15) is 11.8 Å². The average molecular weight is 198 g/mol. The molecule has 0 fully saturated rings. The summed E-state index contributed by atoms with van der Waals surface area (Å²) in [4.78, 5) is 8.13. The van der Waals surface area contributed by atoms with Gasteiger partial charge in [0, 0.05) is 12.4 Å². The van der Waals surface area contributed by atoms with Gasteiger partial charge in [0.05, 0.1) is 18.6 Å². The van der Waals surface area contributed by atoms with Crippen molar-refractivity contribution < 1.29 is 0 Å². The number of pyridine rings is 1. The highest BCUT2D eigenvalue weighted by atomic mass is 15.1. The van der Waals surface area contributed by atoms with Crippen molar-refractivity contribution in [2.24, 2.45) is 0 Å². The molecule has 0 amide bonds. The van der Waals surface area contributed by atoms with Crippen molar-refractivity contribution in [2.45, 2.75) is 13.5 Å². The van der Waals surface area contributed by atoms with Crippen LogP contribution in [0.4, 0.5) is 0 Å². The van der Waals surface area contributed by atoms with Crippen LogP contribution in [0.2, 0.25) is 0 Å². The highest BCUT2D eigenvalue weighted by Crippen LogP contribution is 2.07. The van der Waals surface area contributed by atoms with Crippen LogP contribution in [0.15, 0.2) is 30.9 Å². The van der Waals surface area contributed by atoms with Gasteiger partial charge in [-0.05, 0) is 18.6 Å². The summed E-state index contributed by atoms with van der Waals surface area (Å²) in [6.45, 7) is 2.47. The summed E-state index contributed by atoms with van der Waals surface area (Å²) in [5, 5.41) is 8.94. The minimum atomic E-state index is 0.610. The third-order valence-electron chi connectivity index (χ3n) is 2.20. The predicted molar refractivity (Wildman–Crippen MR) is 55.0 cm³/mol. The number of imidazole rings is 1. The molecule has 0 atom stereocenters. The molecule has 2 aromatic heterocycles. The molecule has 4 nitrogen and oxygen atoms in total. The van der Waals surface area contributed by atoms with Gasteiger partial charge in [-0.25, -0.2) is 4.98 Å². The summed E-state index contributed by atoms with van der Waals surface area (Å²) < 4.78 is 1.83. The van der Waals surface area contributed by atoms with Crippen molar-refractivity contribution in [1.82, 2.24) is 14.5 Å². The zero-order valence-electron chi connectivity index (χ0n) is 8.38. The summed E-state index contributed by atoms with van der Waals surface area (Å²) in [5.41, 5.74) is 2.44. The predicted octanol–water partition coefficient (Wildman–Crippen LogP) is 1.51. The largest absolute Gasteiger partial charge is 0.318 e. The summed E-state index contributed by atoms with van der Waals surface area (Å²) in [5.74, 6) is 0. The van der Waals surface area contributed by atoms with Gasteiger partial charge in [-0.1, -0.05) is 6.07 Å². The molecule has 0 radical (unpaired) electrons. The van der Waals surface area contributed by atoms with E-state index in [0.717, 1.165) is 11.3 Å². The summed E-state index contributed by atoms with van der Waals surface area (Å²) >= 11 is 0. The maximum absolute atomic E-state index is 8.94. The van der Waals surface area contributed by atoms with E-state index in [-0.39, 0.29) is 0 Å². The van der Waals surface area contributed by atoms with Crippen molar-refractivity contribution in [3.05, 3.63) is 47.8 Å². The molecule has 0 unspecified atom stereocenters. The molecule has 2 aromatic rings. The van der Waals surface area contributed by atoms with Gasteiger partial charge in [0.2, 0.25) is 0 Å². The average Bonchev–Trinajstić information content (AvgIpc) is 2.61. The zero-order chi connectivity index (χ0) is 10.7. The zero-order valence-corrected chi connectivity index (χ0v) is 8.38. The van der Waals surface area contributed by atoms with Crippen LogP contribution in [-0.4, -0.2) is 14.5 Å². The molecule has 0 saturated carbocycles. The van der Waals surface area contributed by atoms with Gasteiger partial charge in [-0.3, -0.25) is 4.98 Å². The number of aromatic nitrogens is 3. The lowest BCUT2D eigenvalue weighted by Crippen LogP contribution is -2.01. The fraction of sp³-hybridized carbons (Fsp3) is 0.182. The SMILES string of the molecule is Cc1ncn(Cc2cccnc2)c1C#N. The highest BCUT2D eigenvalue weighted by molar-refractivity contribution is 5.27. The molecule has 0 bridgehead atoms. The minimum Gasteiger partial charge on any atom is -0.318 e. The Morgan fingerprint density at radius 1 is 1.53 bits per heavy atom. The van der Waals surface area contributed by atoms with E-state index >= 15 is 0 Å². The molecule has 0 saturated heterocycles. The van der Waals surface area contributed by atoms with Crippen molar-refractivity contribution in [3.63, 3.8) is 0 Å². The molecule has 0 spiro atoms. The molecule has 0 aromatic carbocycles. The van der Waals surface area contributed by atoms with Crippen LogP contribution in [-0.2, 0) is 6.54 Å². The van der Waals surface area contributed by atoms with Gasteiger partial charge in [0.15, 0.2) is 0 Å². The number of rotatable bonds is 2. The second-order valence-electron chi connectivity index (χ2n) is 3.28. The van der Waals surface area contributed by atoms with E-state index in [9.17, 15) is 0 Å². The topological polar surface area (TPSA) is 54.5 Å². The third kappa shape index (κ3) is 1.86. The Labute approximate surface area is 87.8 Å². The van der Waals surface area contributed by atoms with Gasteiger partial charge in [0.25, 0.3) is 0 Å². The Bertz CT molecular complexity index is 493. The van der Waals surface area contributed by atoms with E-state index in [1.54, 1.807) is 18.7 Å². The lowest BCUT2D eigenvalue weighted by Gasteiger charge is -2.02. The Balaban J connectivity index is 2.30. The minimum absolute atomic E-state index is 0.610. The monoisotopic (exact) mass is 198 g/mol. The van der Waals surface area contributed by atoms with E-state index in [2.05, 4.69) is 16.0 Å². The van der Waals surface area contributed by atoms with Crippen LogP contribution in [0.1, 0.15) is 17.0 Å². The highest BCUT2D eigenvalue weighted by Gasteiger charge is 2.06. The fourth-order valence-corrected chi connectivity index (χ4v) is 1.44. The second-order valence-corrected chi connectivity index (χ2v) is 3.28. The first-order valence-electron chi connectivity index (χ1n) is 4.62. The van der Waals surface area contributed by atoms with Gasteiger partial charge < -0.3 is 4.57 Å². The van der Waals surface area contributed by atoms with Crippen LogP contribution in [0.25, 0.3) is 0 Å². The molecular formula is C11H10N4. The first kappa shape index (κ1) is 9.41. The number of aryl methyl sites for hydroxylation is 1. The smallest absolute Gasteiger partial charge is 0.143 e. The van der Waals surface area contributed by atoms with Crippen molar-refractivity contribution in [1.29, 1.82) is 5.26 Å². The summed E-state index contributed by atoms with van der Waals surface area (Å²) in [6, 6.07) is 6.00. The van der Waals surface area contributed by atoms with Crippen LogP contribution in [0.3, 0.4) is 0 Å². The van der Waals surface area contributed by atoms with Gasteiger partial charge in [-0.15, -0.1) is 0 Å². The van der Waals surface area contributed by atoms with Crippen molar-refractivity contribution in [2.75, 3.05) is 0 Å². The Kier molecular flexibility index (Phi) is 2.46. The van der Waals surface area contributed by atoms with Crippen LogP contribution >= 0.6 is 0 Å². The summed E-state index contributed by atoms with van der Waals surface area (Å²) in [6.07, 6.45) is 5.20. The first-order chi connectivity index (χ1) is 7.31. The maximum Gasteiger partial charge on any atom is 0.143 e. The van der Waals surface area contributed by atoms with Gasteiger partial charge >= 0.3 is 0 Å². The Morgan fingerprint density at radius 3 is 3.07 bits per heavy atom. The van der Waals surface area contributed by atoms with Crippen molar-refractivity contribution >= 4 is 0 Å². The fourth-order valence-electron chi connectivity index (χ4n) is 1.44. The van der Waals surface area contributed by atoms with E-state index in [0.29, 0.717) is 12.2 Å². The normalized spacial score (nSPS) is 9.87. The number of nitrogens with zero attached hydrogens (tertiary/aromatic N) is 4. The van der Waals surface area contributed by atoms with E-state index in [4.69, 9.17) is 5.26 Å². The van der Waals surface area contributed by atoms with Crippen molar-refractivity contribution in [3.8, 4) is 6.07 Å². The van der Waals surface area contributed by atoms with Crippen LogP contribution in [0.5, 0.6) is 0 Å². The second kappa shape index (κ2) is 3.93. The third-order valence-corrected chi connectivity index (χ3v) is 2.20. The standard InChI is InChI=1S/C11H10N4/c1-9-11(5-12)15(8-14-9)7-10-3-2-4-13-6-10/h2-4,6,8H,7H2,1H3. The molecule has 0 aliphatic carbocycles. The molecule has 2 rings (SSSR count). The Hall–Kier alpha value is -2.15. The number of hydrogen-bond donors (Lipinski definition) is 0. The Morgan fingerprint density at radius 2 is 2.40 bits per heavy atom. The molecule has 4 heteroatoms.